The van der Waals surface area contributed by atoms with Crippen LogP contribution in [0.2, 0.25) is 0 Å². The van der Waals surface area contributed by atoms with E-state index in [1.807, 2.05) is 0 Å². The molecule has 2 aromatic carbocycles. The van der Waals surface area contributed by atoms with E-state index in [9.17, 15) is 39.9 Å². The molecule has 0 aromatic heterocycles. The van der Waals surface area contributed by atoms with Crippen LogP contribution < -0.4 is 4.90 Å². The fourth-order valence-corrected chi connectivity index (χ4v) is 4.42. The number of carbonyl (C=O) groups excluding carboxylic acids is 1. The number of amides is 1. The fraction of sp³-hybridized carbons (Fsp3) is 0.435. The molecular formula is C23H20F8N2O. The smallest absolute Gasteiger partial charge is 0.368 e. The molecule has 34 heavy (non-hydrogen) atoms. The molecule has 2 fully saturated rings. The van der Waals surface area contributed by atoms with Crippen LogP contribution in [0.4, 0.5) is 40.8 Å². The van der Waals surface area contributed by atoms with E-state index in [2.05, 4.69) is 0 Å². The molecule has 0 spiro atoms. The minimum absolute atomic E-state index is 0.0425. The van der Waals surface area contributed by atoms with Crippen molar-refractivity contribution in [2.45, 2.75) is 31.1 Å². The van der Waals surface area contributed by atoms with Gasteiger partial charge in [-0.15, -0.1) is 0 Å². The van der Waals surface area contributed by atoms with Gasteiger partial charge in [-0.2, -0.15) is 26.3 Å². The highest BCUT2D eigenvalue weighted by atomic mass is 19.4. The Bertz CT molecular complexity index is 1070. The molecule has 0 bridgehead atoms. The molecule has 1 saturated heterocycles. The summed E-state index contributed by atoms with van der Waals surface area (Å²) in [4.78, 5) is 15.7. The summed E-state index contributed by atoms with van der Waals surface area (Å²) in [7, 11) is 0. The normalized spacial score (nSPS) is 22.6. The molecule has 11 heteroatoms. The van der Waals surface area contributed by atoms with Crippen molar-refractivity contribution in [3.05, 3.63) is 64.7 Å². The van der Waals surface area contributed by atoms with E-state index < -0.39 is 47.1 Å². The summed E-state index contributed by atoms with van der Waals surface area (Å²) in [6.07, 6.45) is -9.11. The van der Waals surface area contributed by atoms with Crippen LogP contribution in [0, 0.1) is 12.8 Å². The van der Waals surface area contributed by atoms with Crippen LogP contribution in [-0.2, 0) is 17.1 Å². The Morgan fingerprint density at radius 3 is 1.91 bits per heavy atom. The quantitative estimate of drug-likeness (QED) is 0.511. The van der Waals surface area contributed by atoms with Gasteiger partial charge in [0.05, 0.1) is 17.0 Å². The number of benzene rings is 2. The Hall–Kier alpha value is -2.85. The molecule has 1 amide bonds. The second kappa shape index (κ2) is 8.13. The molecule has 4 rings (SSSR count). The van der Waals surface area contributed by atoms with E-state index in [1.54, 1.807) is 11.8 Å². The van der Waals surface area contributed by atoms with Gasteiger partial charge in [-0.3, -0.25) is 4.79 Å². The molecule has 184 valence electrons. The zero-order valence-corrected chi connectivity index (χ0v) is 17.9. The molecule has 2 aliphatic rings. The number of hydrogen-bond donors (Lipinski definition) is 0. The zero-order valence-electron chi connectivity index (χ0n) is 17.9. The number of halogens is 8. The molecule has 0 radical (unpaired) electrons. The van der Waals surface area contributed by atoms with Crippen molar-refractivity contribution >= 4 is 11.6 Å². The largest absolute Gasteiger partial charge is 0.416 e. The average Bonchev–Trinajstić information content (AvgIpc) is 3.34. The number of hydrogen-bond acceptors (Lipinski definition) is 2. The molecule has 3 nitrogen and oxygen atoms in total. The average molecular weight is 492 g/mol. The topological polar surface area (TPSA) is 23.6 Å². The first-order chi connectivity index (χ1) is 15.7. The Morgan fingerprint density at radius 1 is 0.853 bits per heavy atom. The van der Waals surface area contributed by atoms with Gasteiger partial charge in [0.15, 0.2) is 0 Å². The lowest BCUT2D eigenvalue weighted by atomic mass is 10.1. The third-order valence-electron chi connectivity index (χ3n) is 6.39. The van der Waals surface area contributed by atoms with E-state index >= 15 is 0 Å². The Labute approximate surface area is 189 Å². The molecule has 2 aromatic rings. The van der Waals surface area contributed by atoms with Crippen LogP contribution in [0.3, 0.4) is 0 Å². The predicted molar refractivity (Wildman–Crippen MR) is 108 cm³/mol. The van der Waals surface area contributed by atoms with Crippen molar-refractivity contribution in [3.63, 3.8) is 0 Å². The minimum Gasteiger partial charge on any atom is -0.368 e. The van der Waals surface area contributed by atoms with Gasteiger partial charge < -0.3 is 9.80 Å². The summed E-state index contributed by atoms with van der Waals surface area (Å²) in [5.41, 5.74) is -0.840. The lowest BCUT2D eigenvalue weighted by Crippen LogP contribution is -2.50. The van der Waals surface area contributed by atoms with Gasteiger partial charge in [0.25, 0.3) is 5.92 Å². The maximum absolute atomic E-state index is 14.5. The number of nitrogens with zero attached hydrogens (tertiary/aromatic N) is 2. The summed E-state index contributed by atoms with van der Waals surface area (Å²) in [5.74, 6) is -7.38. The van der Waals surface area contributed by atoms with Crippen molar-refractivity contribution < 1.29 is 39.9 Å². The molecule has 2 atom stereocenters. The van der Waals surface area contributed by atoms with Crippen LogP contribution >= 0.6 is 0 Å². The molecule has 0 N–H and O–H groups in total. The standard InChI is InChI=1S/C23H20F8N2O/c1-13-2-5-16(23(29,30)31)12-17(13)32-8-10-33(11-9-32)20(34)19-18(21(19,24)25)14-3-6-15(7-4-14)22(26,27)28/h2-7,12,18-19H,8-11H2,1H3/t18?,19-/m0/s1. The first kappa shape index (κ1) is 24.3. The number of carbonyl (C=O) groups is 1. The highest BCUT2D eigenvalue weighted by Crippen LogP contribution is 2.62. The summed E-state index contributed by atoms with van der Waals surface area (Å²) in [5, 5.41) is 0. The van der Waals surface area contributed by atoms with Gasteiger partial charge in [0.2, 0.25) is 5.91 Å². The van der Waals surface area contributed by atoms with Crippen LogP contribution in [0.1, 0.15) is 28.2 Å². The molecule has 1 heterocycles. The van der Waals surface area contributed by atoms with Crippen molar-refractivity contribution in [1.82, 2.24) is 4.90 Å². The molecular weight excluding hydrogens is 472 g/mol. The predicted octanol–water partition coefficient (Wildman–Crippen LogP) is 5.73. The first-order valence-electron chi connectivity index (χ1n) is 10.5. The van der Waals surface area contributed by atoms with Crippen LogP contribution in [0.5, 0.6) is 0 Å². The maximum Gasteiger partial charge on any atom is 0.416 e. The number of aryl methyl sites for hydroxylation is 1. The van der Waals surface area contributed by atoms with Gasteiger partial charge in [0.1, 0.15) is 5.92 Å². The van der Waals surface area contributed by atoms with Gasteiger partial charge >= 0.3 is 12.4 Å². The van der Waals surface area contributed by atoms with Crippen molar-refractivity contribution in [2.24, 2.45) is 5.92 Å². The highest BCUT2D eigenvalue weighted by Gasteiger charge is 2.73. The molecule has 1 saturated carbocycles. The van der Waals surface area contributed by atoms with Gasteiger partial charge in [-0.1, -0.05) is 18.2 Å². The van der Waals surface area contributed by atoms with E-state index in [0.29, 0.717) is 23.4 Å². The van der Waals surface area contributed by atoms with E-state index in [-0.39, 0.29) is 31.7 Å². The van der Waals surface area contributed by atoms with Gasteiger partial charge in [-0.05, 0) is 42.3 Å². The van der Waals surface area contributed by atoms with E-state index in [1.165, 1.54) is 11.0 Å². The molecule has 1 unspecified atom stereocenters. The van der Waals surface area contributed by atoms with Crippen molar-refractivity contribution in [3.8, 4) is 0 Å². The third kappa shape index (κ3) is 4.44. The van der Waals surface area contributed by atoms with Crippen molar-refractivity contribution in [1.29, 1.82) is 0 Å². The summed E-state index contributed by atoms with van der Waals surface area (Å²) in [6.45, 7) is 2.07. The maximum atomic E-state index is 14.5. The first-order valence-corrected chi connectivity index (χ1v) is 10.5. The minimum atomic E-state index is -4.60. The van der Waals surface area contributed by atoms with Crippen molar-refractivity contribution in [2.75, 3.05) is 31.1 Å². The number of rotatable bonds is 3. The zero-order chi connectivity index (χ0) is 25.1. The Balaban J connectivity index is 1.43. The fourth-order valence-electron chi connectivity index (χ4n) is 4.42. The summed E-state index contributed by atoms with van der Waals surface area (Å²) < 4.78 is 106. The number of anilines is 1. The van der Waals surface area contributed by atoms with E-state index in [4.69, 9.17) is 0 Å². The SMILES string of the molecule is Cc1ccc(C(F)(F)F)cc1N1CCN(C(=O)[C@@H]2C(c3ccc(C(F)(F)F)cc3)C2(F)F)CC1. The molecule has 1 aliphatic heterocycles. The Kier molecular flexibility index (Phi) is 5.80. The van der Waals surface area contributed by atoms with Crippen LogP contribution in [0.25, 0.3) is 0 Å². The highest BCUT2D eigenvalue weighted by molar-refractivity contribution is 5.85. The molecule has 1 aliphatic carbocycles. The summed E-state index contributed by atoms with van der Waals surface area (Å²) in [6, 6.07) is 6.71. The number of piperazine rings is 1. The lowest BCUT2D eigenvalue weighted by Gasteiger charge is -2.37. The van der Waals surface area contributed by atoms with E-state index in [0.717, 1.165) is 24.3 Å². The second-order valence-electron chi connectivity index (χ2n) is 8.56. The monoisotopic (exact) mass is 492 g/mol. The van der Waals surface area contributed by atoms with Crippen LogP contribution in [-0.4, -0.2) is 42.9 Å². The van der Waals surface area contributed by atoms with Gasteiger partial charge in [0, 0.05) is 31.9 Å². The summed E-state index contributed by atoms with van der Waals surface area (Å²) >= 11 is 0. The Morgan fingerprint density at radius 2 is 1.38 bits per heavy atom. The third-order valence-corrected chi connectivity index (χ3v) is 6.39. The second-order valence-corrected chi connectivity index (χ2v) is 8.56. The number of alkyl halides is 8. The lowest BCUT2D eigenvalue weighted by molar-refractivity contribution is -0.138. The van der Waals surface area contributed by atoms with Gasteiger partial charge in [-0.25, -0.2) is 8.78 Å². The van der Waals surface area contributed by atoms with Crippen LogP contribution in [0.15, 0.2) is 42.5 Å².